The predicted molar refractivity (Wildman–Crippen MR) is 109 cm³/mol. The van der Waals surface area contributed by atoms with Crippen LogP contribution in [0, 0.1) is 5.82 Å². The lowest BCUT2D eigenvalue weighted by Crippen LogP contribution is -2.42. The first-order chi connectivity index (χ1) is 14.4. The number of hydrogen-bond acceptors (Lipinski definition) is 4. The van der Waals surface area contributed by atoms with Gasteiger partial charge in [0.1, 0.15) is 11.9 Å². The van der Waals surface area contributed by atoms with Crippen LogP contribution in [0.15, 0.2) is 53.5 Å². The second-order valence-electron chi connectivity index (χ2n) is 6.42. The minimum absolute atomic E-state index is 0.0169. The number of halogens is 3. The standard InChI is InChI=1S/C21H26F3N3O3/c1-3-25-21(26-12-14(2)29-19-7-5-4-6-17(19)22)27-13-18(28)15-8-10-16(11-9-15)30-20(23)24/h4-11,14,18,20,28H,3,12-13H2,1-2H3,(H2,25,26,27). The number of nitrogens with zero attached hydrogens (tertiary/aromatic N) is 1. The maximum absolute atomic E-state index is 13.7. The number of ether oxygens (including phenoxy) is 2. The van der Waals surface area contributed by atoms with E-state index in [-0.39, 0.29) is 24.1 Å². The molecule has 9 heteroatoms. The molecule has 2 atom stereocenters. The first-order valence-electron chi connectivity index (χ1n) is 9.55. The third-order valence-electron chi connectivity index (χ3n) is 3.98. The van der Waals surface area contributed by atoms with Gasteiger partial charge in [-0.15, -0.1) is 0 Å². The highest BCUT2D eigenvalue weighted by Gasteiger charge is 2.11. The molecule has 0 saturated heterocycles. The average Bonchev–Trinajstić information content (AvgIpc) is 2.71. The molecule has 3 N–H and O–H groups in total. The van der Waals surface area contributed by atoms with Crippen molar-refractivity contribution in [2.45, 2.75) is 32.7 Å². The summed E-state index contributed by atoms with van der Waals surface area (Å²) in [4.78, 5) is 4.32. The molecule has 0 aliphatic carbocycles. The van der Waals surface area contributed by atoms with Gasteiger partial charge in [-0.05, 0) is 43.7 Å². The van der Waals surface area contributed by atoms with Gasteiger partial charge in [-0.25, -0.2) is 4.39 Å². The van der Waals surface area contributed by atoms with Crippen molar-refractivity contribution < 1.29 is 27.8 Å². The maximum Gasteiger partial charge on any atom is 0.387 e. The zero-order valence-corrected chi connectivity index (χ0v) is 16.8. The summed E-state index contributed by atoms with van der Waals surface area (Å²) >= 11 is 0. The molecule has 0 aromatic heterocycles. The number of aliphatic hydroxyl groups excluding tert-OH is 1. The second-order valence-corrected chi connectivity index (χ2v) is 6.42. The molecule has 6 nitrogen and oxygen atoms in total. The van der Waals surface area contributed by atoms with E-state index in [2.05, 4.69) is 20.4 Å². The van der Waals surface area contributed by atoms with Crippen LogP contribution in [0.3, 0.4) is 0 Å². The minimum atomic E-state index is -2.90. The number of para-hydroxylation sites is 1. The molecule has 0 aliphatic rings. The zero-order chi connectivity index (χ0) is 21.9. The summed E-state index contributed by atoms with van der Waals surface area (Å²) in [6, 6.07) is 11.9. The number of guanidine groups is 1. The van der Waals surface area contributed by atoms with Gasteiger partial charge in [0.15, 0.2) is 17.5 Å². The molecular weight excluding hydrogens is 399 g/mol. The lowest BCUT2D eigenvalue weighted by molar-refractivity contribution is -0.0498. The molecule has 30 heavy (non-hydrogen) atoms. The normalized spacial score (nSPS) is 13.6. The van der Waals surface area contributed by atoms with Gasteiger partial charge in [0, 0.05) is 6.54 Å². The number of aliphatic imine (C=N–C) groups is 1. The first kappa shape index (κ1) is 23.3. The quantitative estimate of drug-likeness (QED) is 0.401. The Morgan fingerprint density at radius 1 is 1.07 bits per heavy atom. The number of benzene rings is 2. The van der Waals surface area contributed by atoms with E-state index in [1.54, 1.807) is 25.1 Å². The van der Waals surface area contributed by atoms with E-state index in [9.17, 15) is 18.3 Å². The van der Waals surface area contributed by atoms with Crippen LogP contribution in [-0.4, -0.2) is 43.4 Å². The Hall–Kier alpha value is -2.94. The number of nitrogens with one attached hydrogen (secondary N) is 2. The van der Waals surface area contributed by atoms with Crippen molar-refractivity contribution >= 4 is 5.96 Å². The summed E-state index contributed by atoms with van der Waals surface area (Å²) in [5.41, 5.74) is 0.521. The fourth-order valence-corrected chi connectivity index (χ4v) is 2.54. The van der Waals surface area contributed by atoms with Gasteiger partial charge in [-0.2, -0.15) is 8.78 Å². The Balaban J connectivity index is 1.89. The number of aliphatic hydroxyl groups is 1. The van der Waals surface area contributed by atoms with E-state index in [0.29, 0.717) is 24.6 Å². The molecule has 0 spiro atoms. The molecule has 0 radical (unpaired) electrons. The van der Waals surface area contributed by atoms with Gasteiger partial charge < -0.3 is 25.2 Å². The molecule has 0 amide bonds. The highest BCUT2D eigenvalue weighted by atomic mass is 19.3. The molecule has 0 bridgehead atoms. The summed E-state index contributed by atoms with van der Waals surface area (Å²) in [6.07, 6.45) is -1.26. The van der Waals surface area contributed by atoms with Gasteiger partial charge >= 0.3 is 6.61 Å². The Kier molecular flexibility index (Phi) is 9.27. The summed E-state index contributed by atoms with van der Waals surface area (Å²) in [6.45, 7) is 1.80. The third-order valence-corrected chi connectivity index (χ3v) is 3.98. The van der Waals surface area contributed by atoms with Crippen LogP contribution >= 0.6 is 0 Å². The smallest absolute Gasteiger partial charge is 0.387 e. The van der Waals surface area contributed by atoms with E-state index in [1.807, 2.05) is 6.92 Å². The van der Waals surface area contributed by atoms with Crippen LogP contribution in [0.1, 0.15) is 25.5 Å². The highest BCUT2D eigenvalue weighted by molar-refractivity contribution is 5.79. The van der Waals surface area contributed by atoms with Crippen molar-refractivity contribution in [1.29, 1.82) is 0 Å². The Labute approximate surface area is 173 Å². The van der Waals surface area contributed by atoms with Gasteiger partial charge in [0.05, 0.1) is 19.2 Å². The lowest BCUT2D eigenvalue weighted by Gasteiger charge is -2.18. The van der Waals surface area contributed by atoms with E-state index < -0.39 is 18.5 Å². The number of alkyl halides is 2. The van der Waals surface area contributed by atoms with Gasteiger partial charge in [-0.1, -0.05) is 24.3 Å². The Bertz CT molecular complexity index is 804. The van der Waals surface area contributed by atoms with Crippen LogP contribution in [0.2, 0.25) is 0 Å². The van der Waals surface area contributed by atoms with Gasteiger partial charge in [0.2, 0.25) is 0 Å². The molecule has 0 fully saturated rings. The van der Waals surface area contributed by atoms with Crippen LogP contribution < -0.4 is 20.1 Å². The van der Waals surface area contributed by atoms with Crippen molar-refractivity contribution in [3.63, 3.8) is 0 Å². The molecule has 0 heterocycles. The van der Waals surface area contributed by atoms with Crippen molar-refractivity contribution in [2.24, 2.45) is 4.99 Å². The largest absolute Gasteiger partial charge is 0.486 e. The van der Waals surface area contributed by atoms with E-state index in [0.717, 1.165) is 0 Å². The number of hydrogen-bond donors (Lipinski definition) is 3. The summed E-state index contributed by atoms with van der Waals surface area (Å²) in [5.74, 6) is 0.211. The Morgan fingerprint density at radius 2 is 1.77 bits per heavy atom. The molecule has 2 rings (SSSR count). The van der Waals surface area contributed by atoms with Crippen molar-refractivity contribution in [2.75, 3.05) is 19.6 Å². The fraction of sp³-hybridized carbons (Fsp3) is 0.381. The molecule has 0 aliphatic heterocycles. The molecule has 164 valence electrons. The van der Waals surface area contributed by atoms with Gasteiger partial charge in [0.25, 0.3) is 0 Å². The van der Waals surface area contributed by atoms with Crippen LogP contribution in [0.5, 0.6) is 11.5 Å². The topological polar surface area (TPSA) is 75.1 Å². The summed E-state index contributed by atoms with van der Waals surface area (Å²) < 4.78 is 47.9. The van der Waals surface area contributed by atoms with Crippen molar-refractivity contribution in [3.05, 3.63) is 59.9 Å². The summed E-state index contributed by atoms with van der Waals surface area (Å²) in [7, 11) is 0. The van der Waals surface area contributed by atoms with Crippen LogP contribution in [-0.2, 0) is 0 Å². The highest BCUT2D eigenvalue weighted by Crippen LogP contribution is 2.20. The zero-order valence-electron chi connectivity index (χ0n) is 16.8. The molecule has 0 saturated carbocycles. The molecular formula is C21H26F3N3O3. The van der Waals surface area contributed by atoms with Crippen molar-refractivity contribution in [1.82, 2.24) is 10.6 Å². The first-order valence-corrected chi connectivity index (χ1v) is 9.55. The lowest BCUT2D eigenvalue weighted by atomic mass is 10.1. The van der Waals surface area contributed by atoms with E-state index in [1.165, 1.54) is 30.3 Å². The third kappa shape index (κ3) is 7.82. The molecule has 2 aromatic carbocycles. The monoisotopic (exact) mass is 425 g/mol. The molecule has 2 unspecified atom stereocenters. The van der Waals surface area contributed by atoms with E-state index in [4.69, 9.17) is 4.74 Å². The van der Waals surface area contributed by atoms with Crippen LogP contribution in [0.25, 0.3) is 0 Å². The molecule has 2 aromatic rings. The SMILES string of the molecule is CCNC(=NCC(O)c1ccc(OC(F)F)cc1)NCC(C)Oc1ccccc1F. The average molecular weight is 425 g/mol. The van der Waals surface area contributed by atoms with E-state index >= 15 is 0 Å². The fourth-order valence-electron chi connectivity index (χ4n) is 2.54. The second kappa shape index (κ2) is 11.9. The Morgan fingerprint density at radius 3 is 2.40 bits per heavy atom. The summed E-state index contributed by atoms with van der Waals surface area (Å²) in [5, 5.41) is 16.4. The predicted octanol–water partition coefficient (Wildman–Crippen LogP) is 3.48. The number of rotatable bonds is 10. The van der Waals surface area contributed by atoms with Crippen LogP contribution in [0.4, 0.5) is 13.2 Å². The maximum atomic E-state index is 13.7. The van der Waals surface area contributed by atoms with Crippen molar-refractivity contribution in [3.8, 4) is 11.5 Å². The minimum Gasteiger partial charge on any atom is -0.486 e. The van der Waals surface area contributed by atoms with Gasteiger partial charge in [-0.3, -0.25) is 4.99 Å².